The molecule has 0 radical (unpaired) electrons. The average molecular weight is 273 g/mol. The normalized spacial score (nSPS) is 11.3. The van der Waals surface area contributed by atoms with Gasteiger partial charge in [0.05, 0.1) is 5.75 Å². The number of sulfone groups is 1. The number of hydrogen-bond donors (Lipinski definition) is 2. The van der Waals surface area contributed by atoms with E-state index in [1.807, 2.05) is 6.92 Å². The van der Waals surface area contributed by atoms with E-state index in [0.29, 0.717) is 18.2 Å². The fourth-order valence-electron chi connectivity index (χ4n) is 1.34. The van der Waals surface area contributed by atoms with E-state index in [9.17, 15) is 8.42 Å². The van der Waals surface area contributed by atoms with Gasteiger partial charge in [0.15, 0.2) is 0 Å². The van der Waals surface area contributed by atoms with E-state index in [1.54, 1.807) is 18.0 Å². The number of rotatable bonds is 6. The minimum absolute atomic E-state index is 0.0734. The lowest BCUT2D eigenvalue weighted by Gasteiger charge is -2.18. The molecule has 8 heteroatoms. The van der Waals surface area contributed by atoms with Crippen LogP contribution in [0.4, 0.5) is 17.6 Å². The van der Waals surface area contributed by atoms with E-state index in [0.717, 1.165) is 6.54 Å². The van der Waals surface area contributed by atoms with Crippen molar-refractivity contribution in [2.75, 3.05) is 48.1 Å². The maximum absolute atomic E-state index is 11.1. The maximum atomic E-state index is 11.1. The van der Waals surface area contributed by atoms with Crippen molar-refractivity contribution in [3.63, 3.8) is 0 Å². The summed E-state index contributed by atoms with van der Waals surface area (Å²) in [7, 11) is -1.22. The van der Waals surface area contributed by atoms with Crippen molar-refractivity contribution in [2.24, 2.45) is 0 Å². The van der Waals surface area contributed by atoms with Gasteiger partial charge in [-0.2, -0.15) is 9.97 Å². The highest BCUT2D eigenvalue weighted by molar-refractivity contribution is 7.90. The Kier molecular flexibility index (Phi) is 4.71. The summed E-state index contributed by atoms with van der Waals surface area (Å²) in [6, 6.07) is 1.74. The van der Waals surface area contributed by atoms with Crippen molar-refractivity contribution in [3.8, 4) is 0 Å². The van der Waals surface area contributed by atoms with Crippen LogP contribution in [0, 0.1) is 0 Å². The van der Waals surface area contributed by atoms with E-state index in [4.69, 9.17) is 5.73 Å². The summed E-state index contributed by atoms with van der Waals surface area (Å²) in [6.45, 7) is 3.04. The Morgan fingerprint density at radius 2 is 2.11 bits per heavy atom. The molecule has 7 nitrogen and oxygen atoms in total. The van der Waals surface area contributed by atoms with Crippen molar-refractivity contribution in [1.82, 2.24) is 9.97 Å². The highest BCUT2D eigenvalue weighted by Crippen LogP contribution is 2.15. The van der Waals surface area contributed by atoms with Crippen LogP contribution in [0.2, 0.25) is 0 Å². The van der Waals surface area contributed by atoms with Crippen molar-refractivity contribution < 1.29 is 8.42 Å². The SMILES string of the molecule is CCNc1cc(N(C)CCS(C)(=O)=O)nc(N)n1. The summed E-state index contributed by atoms with van der Waals surface area (Å²) >= 11 is 0. The molecule has 1 heterocycles. The molecule has 18 heavy (non-hydrogen) atoms. The maximum Gasteiger partial charge on any atom is 0.223 e. The van der Waals surface area contributed by atoms with Gasteiger partial charge >= 0.3 is 0 Å². The molecule has 0 atom stereocenters. The van der Waals surface area contributed by atoms with Crippen LogP contribution in [0.1, 0.15) is 6.92 Å². The van der Waals surface area contributed by atoms with E-state index in [1.165, 1.54) is 6.26 Å². The zero-order chi connectivity index (χ0) is 13.8. The van der Waals surface area contributed by atoms with Crippen LogP contribution in [0.15, 0.2) is 6.07 Å². The van der Waals surface area contributed by atoms with Gasteiger partial charge in [-0.1, -0.05) is 0 Å². The number of nitrogens with one attached hydrogen (secondary N) is 1. The lowest BCUT2D eigenvalue weighted by atomic mass is 10.4. The summed E-state index contributed by atoms with van der Waals surface area (Å²) in [5, 5.41) is 3.04. The van der Waals surface area contributed by atoms with Crippen molar-refractivity contribution in [1.29, 1.82) is 0 Å². The van der Waals surface area contributed by atoms with Gasteiger partial charge in [0.25, 0.3) is 0 Å². The summed E-state index contributed by atoms with van der Waals surface area (Å²) in [5.41, 5.74) is 5.60. The number of aromatic nitrogens is 2. The smallest absolute Gasteiger partial charge is 0.223 e. The van der Waals surface area contributed by atoms with Gasteiger partial charge in [0.1, 0.15) is 21.5 Å². The standard InChI is InChI=1S/C10H19N5O2S/c1-4-12-8-7-9(14-10(11)13-8)15(2)5-6-18(3,16)17/h7H,4-6H2,1-3H3,(H3,11,12,13,14). The minimum atomic E-state index is -2.99. The average Bonchev–Trinajstić information content (AvgIpc) is 2.24. The van der Waals surface area contributed by atoms with Gasteiger partial charge in [-0.25, -0.2) is 8.42 Å². The van der Waals surface area contributed by atoms with Gasteiger partial charge in [0.2, 0.25) is 5.95 Å². The molecule has 1 aromatic heterocycles. The molecule has 0 unspecified atom stereocenters. The fourth-order valence-corrected chi connectivity index (χ4v) is 1.94. The Labute approximate surface area is 107 Å². The van der Waals surface area contributed by atoms with E-state index in [-0.39, 0.29) is 11.7 Å². The number of nitrogen functional groups attached to an aromatic ring is 1. The van der Waals surface area contributed by atoms with Gasteiger partial charge in [-0.15, -0.1) is 0 Å². The third-order valence-electron chi connectivity index (χ3n) is 2.28. The second-order valence-electron chi connectivity index (χ2n) is 4.05. The first kappa shape index (κ1) is 14.5. The van der Waals surface area contributed by atoms with E-state index in [2.05, 4.69) is 15.3 Å². The zero-order valence-electron chi connectivity index (χ0n) is 10.8. The fraction of sp³-hybridized carbons (Fsp3) is 0.600. The van der Waals surface area contributed by atoms with Crippen LogP contribution in [0.25, 0.3) is 0 Å². The van der Waals surface area contributed by atoms with E-state index < -0.39 is 9.84 Å². The molecule has 0 fully saturated rings. The molecule has 0 aromatic carbocycles. The predicted molar refractivity (Wildman–Crippen MR) is 73.6 cm³/mol. The van der Waals surface area contributed by atoms with Gasteiger partial charge in [-0.05, 0) is 6.92 Å². The van der Waals surface area contributed by atoms with Crippen LogP contribution in [-0.4, -0.2) is 50.5 Å². The Bertz CT molecular complexity index is 503. The lowest BCUT2D eigenvalue weighted by Crippen LogP contribution is -2.26. The number of hydrogen-bond acceptors (Lipinski definition) is 7. The highest BCUT2D eigenvalue weighted by Gasteiger charge is 2.09. The summed E-state index contributed by atoms with van der Waals surface area (Å²) < 4.78 is 22.2. The third-order valence-corrected chi connectivity index (χ3v) is 3.20. The van der Waals surface area contributed by atoms with Gasteiger partial charge in [-0.3, -0.25) is 0 Å². The van der Waals surface area contributed by atoms with Crippen LogP contribution in [0.5, 0.6) is 0 Å². The first-order valence-corrected chi connectivity index (χ1v) is 7.65. The molecule has 0 aliphatic carbocycles. The molecular weight excluding hydrogens is 254 g/mol. The largest absolute Gasteiger partial charge is 0.370 e. The highest BCUT2D eigenvalue weighted by atomic mass is 32.2. The molecule has 0 amide bonds. The molecule has 0 saturated carbocycles. The molecule has 0 aliphatic heterocycles. The van der Waals surface area contributed by atoms with Crippen LogP contribution < -0.4 is 16.0 Å². The minimum Gasteiger partial charge on any atom is -0.370 e. The number of nitrogens with two attached hydrogens (primary N) is 1. The van der Waals surface area contributed by atoms with Crippen molar-refractivity contribution in [3.05, 3.63) is 6.07 Å². The molecule has 3 N–H and O–H groups in total. The zero-order valence-corrected chi connectivity index (χ0v) is 11.7. The quantitative estimate of drug-likeness (QED) is 0.750. The molecule has 0 spiro atoms. The van der Waals surface area contributed by atoms with Crippen molar-refractivity contribution >= 4 is 27.4 Å². The van der Waals surface area contributed by atoms with Gasteiger partial charge in [0, 0.05) is 32.5 Å². The first-order chi connectivity index (χ1) is 8.31. The first-order valence-electron chi connectivity index (χ1n) is 5.59. The van der Waals surface area contributed by atoms with Gasteiger partial charge < -0.3 is 16.0 Å². The molecule has 0 saturated heterocycles. The molecule has 1 aromatic rings. The lowest BCUT2D eigenvalue weighted by molar-refractivity contribution is 0.601. The van der Waals surface area contributed by atoms with Crippen LogP contribution in [0.3, 0.4) is 0 Å². The Morgan fingerprint density at radius 3 is 2.67 bits per heavy atom. The Hall–Kier alpha value is -1.57. The monoisotopic (exact) mass is 273 g/mol. The molecule has 1 rings (SSSR count). The number of anilines is 3. The number of nitrogens with zero attached hydrogens (tertiary/aromatic N) is 3. The van der Waals surface area contributed by atoms with E-state index >= 15 is 0 Å². The van der Waals surface area contributed by atoms with Crippen molar-refractivity contribution in [2.45, 2.75) is 6.92 Å². The molecule has 102 valence electrons. The summed E-state index contributed by atoms with van der Waals surface area (Å²) in [4.78, 5) is 9.84. The van der Waals surface area contributed by atoms with Crippen LogP contribution >= 0.6 is 0 Å². The van der Waals surface area contributed by atoms with Crippen LogP contribution in [-0.2, 0) is 9.84 Å². The Balaban J connectivity index is 2.81. The summed E-state index contributed by atoms with van der Waals surface area (Å²) in [5.74, 6) is 1.46. The Morgan fingerprint density at radius 1 is 1.44 bits per heavy atom. The second kappa shape index (κ2) is 5.85. The topological polar surface area (TPSA) is 101 Å². The predicted octanol–water partition coefficient (Wildman–Crippen LogP) is -0.0286. The summed E-state index contributed by atoms with van der Waals surface area (Å²) in [6.07, 6.45) is 1.21. The molecule has 0 bridgehead atoms. The molecule has 0 aliphatic rings. The second-order valence-corrected chi connectivity index (χ2v) is 6.31. The molecular formula is C10H19N5O2S. The third kappa shape index (κ3) is 4.74.